The van der Waals surface area contributed by atoms with Gasteiger partial charge in [0.1, 0.15) is 0 Å². The van der Waals surface area contributed by atoms with Crippen molar-refractivity contribution in [2.24, 2.45) is 5.10 Å². The van der Waals surface area contributed by atoms with Crippen molar-refractivity contribution in [3.63, 3.8) is 0 Å². The number of hydrazone groups is 1. The molecule has 1 amide bonds. The van der Waals surface area contributed by atoms with E-state index in [1.165, 1.54) is 12.3 Å². The van der Waals surface area contributed by atoms with Crippen molar-refractivity contribution in [1.29, 1.82) is 0 Å². The van der Waals surface area contributed by atoms with E-state index in [1.54, 1.807) is 6.08 Å². The quantitative estimate of drug-likeness (QED) is 0.446. The molecule has 0 saturated carbocycles. The second-order valence-electron chi connectivity index (χ2n) is 4.37. The fourth-order valence-corrected chi connectivity index (χ4v) is 1.93. The molecule has 0 fully saturated rings. The predicted molar refractivity (Wildman–Crippen MR) is 88.1 cm³/mol. The number of H-pyrrole nitrogens is 2. The number of allylic oxidation sites excluding steroid dienone is 1. The lowest BCUT2D eigenvalue weighted by Gasteiger charge is -1.99. The van der Waals surface area contributed by atoms with E-state index in [4.69, 9.17) is 12.2 Å². The molecule has 0 radical (unpaired) electrons. The number of amides is 1. The summed E-state index contributed by atoms with van der Waals surface area (Å²) in [6, 6.07) is 11.0. The normalized spacial score (nSPS) is 11.1. The van der Waals surface area contributed by atoms with Crippen LogP contribution in [0.4, 0.5) is 0 Å². The van der Waals surface area contributed by atoms with Gasteiger partial charge in [0.05, 0.1) is 6.42 Å². The highest BCUT2D eigenvalue weighted by Crippen LogP contribution is 1.99. The fraction of sp³-hybridized carbons (Fsp3) is 0.0667. The molecule has 0 aliphatic rings. The topological polar surface area (TPSA) is 90.1 Å². The van der Waals surface area contributed by atoms with Gasteiger partial charge in [0, 0.05) is 18.0 Å². The van der Waals surface area contributed by atoms with Gasteiger partial charge in [-0.1, -0.05) is 36.4 Å². The highest BCUT2D eigenvalue weighted by atomic mass is 32.1. The molecular weight excluding hydrogens is 300 g/mol. The van der Waals surface area contributed by atoms with Gasteiger partial charge in [0.15, 0.2) is 4.77 Å². The molecule has 0 atom stereocenters. The molecular formula is C15H14N4O2S. The first kappa shape index (κ1) is 15.6. The monoisotopic (exact) mass is 314 g/mol. The van der Waals surface area contributed by atoms with Gasteiger partial charge in [0.2, 0.25) is 5.91 Å². The molecule has 22 heavy (non-hydrogen) atoms. The van der Waals surface area contributed by atoms with Crippen LogP contribution in [-0.4, -0.2) is 22.1 Å². The zero-order valence-corrected chi connectivity index (χ0v) is 12.4. The number of hydrogen-bond acceptors (Lipinski definition) is 4. The van der Waals surface area contributed by atoms with Crippen LogP contribution in [0, 0.1) is 4.77 Å². The minimum absolute atomic E-state index is 0.00665. The van der Waals surface area contributed by atoms with Crippen molar-refractivity contribution in [1.82, 2.24) is 15.4 Å². The maximum absolute atomic E-state index is 11.7. The van der Waals surface area contributed by atoms with Gasteiger partial charge in [-0.15, -0.1) is 0 Å². The average molecular weight is 314 g/mol. The van der Waals surface area contributed by atoms with Crippen molar-refractivity contribution in [2.75, 3.05) is 0 Å². The number of nitrogens with zero attached hydrogens (tertiary/aromatic N) is 1. The Morgan fingerprint density at radius 1 is 1.27 bits per heavy atom. The van der Waals surface area contributed by atoms with Crippen LogP contribution in [0.5, 0.6) is 0 Å². The molecule has 0 spiro atoms. The van der Waals surface area contributed by atoms with E-state index >= 15 is 0 Å². The molecule has 2 rings (SSSR count). The number of aromatic amines is 2. The molecule has 1 aromatic heterocycles. The third kappa shape index (κ3) is 5.29. The Bertz CT molecular complexity index is 778. The fourth-order valence-electron chi connectivity index (χ4n) is 1.70. The SMILES string of the molecule is O=C(Cc1cc(=O)[nH]c(=S)[nH]1)N/N=C\C=C\c1ccccc1. The van der Waals surface area contributed by atoms with Crippen molar-refractivity contribution < 1.29 is 4.79 Å². The van der Waals surface area contributed by atoms with Crippen LogP contribution in [0.2, 0.25) is 0 Å². The van der Waals surface area contributed by atoms with E-state index in [2.05, 4.69) is 20.5 Å². The maximum atomic E-state index is 11.7. The first-order valence-electron chi connectivity index (χ1n) is 6.49. The summed E-state index contributed by atoms with van der Waals surface area (Å²) >= 11 is 4.83. The van der Waals surface area contributed by atoms with E-state index in [0.717, 1.165) is 5.56 Å². The summed E-state index contributed by atoms with van der Waals surface area (Å²) in [6.45, 7) is 0. The van der Waals surface area contributed by atoms with Gasteiger partial charge in [-0.05, 0) is 23.9 Å². The summed E-state index contributed by atoms with van der Waals surface area (Å²) < 4.78 is 0.185. The minimum atomic E-state index is -0.347. The predicted octanol–water partition coefficient (Wildman–Crippen LogP) is 1.79. The van der Waals surface area contributed by atoms with Crippen LogP contribution < -0.4 is 11.0 Å². The lowest BCUT2D eigenvalue weighted by atomic mass is 10.2. The van der Waals surface area contributed by atoms with E-state index < -0.39 is 0 Å². The summed E-state index contributed by atoms with van der Waals surface area (Å²) in [5.74, 6) is -0.347. The third-order valence-corrected chi connectivity index (χ3v) is 2.81. The molecule has 112 valence electrons. The zero-order valence-electron chi connectivity index (χ0n) is 11.6. The molecule has 0 bridgehead atoms. The molecule has 7 heteroatoms. The van der Waals surface area contributed by atoms with Crippen LogP contribution in [0.15, 0.2) is 52.4 Å². The number of nitrogens with one attached hydrogen (secondary N) is 3. The molecule has 0 aliphatic carbocycles. The highest BCUT2D eigenvalue weighted by molar-refractivity contribution is 7.71. The second kappa shape index (κ2) is 7.84. The van der Waals surface area contributed by atoms with Crippen molar-refractivity contribution in [3.8, 4) is 0 Å². The second-order valence-corrected chi connectivity index (χ2v) is 4.78. The summed E-state index contributed by atoms with van der Waals surface area (Å²) in [7, 11) is 0. The standard InChI is InChI=1S/C15H14N4O2S/c20-13-9-12(17-15(22)18-13)10-14(21)19-16-8-4-7-11-5-2-1-3-6-11/h1-9H,10H2,(H,19,21)(H2,17,18,20,22)/b7-4+,16-8-. The van der Waals surface area contributed by atoms with E-state index in [1.807, 2.05) is 36.4 Å². The number of aromatic nitrogens is 2. The Morgan fingerprint density at radius 3 is 2.77 bits per heavy atom. The largest absolute Gasteiger partial charge is 0.335 e. The maximum Gasteiger partial charge on any atom is 0.251 e. The Morgan fingerprint density at radius 2 is 2.05 bits per heavy atom. The Balaban J connectivity index is 1.85. The molecule has 0 unspecified atom stereocenters. The Labute approximate surface area is 131 Å². The number of rotatable bonds is 5. The van der Waals surface area contributed by atoms with Crippen LogP contribution in [-0.2, 0) is 11.2 Å². The lowest BCUT2D eigenvalue weighted by Crippen LogP contribution is -2.21. The van der Waals surface area contributed by atoms with Crippen LogP contribution in [0.25, 0.3) is 6.08 Å². The van der Waals surface area contributed by atoms with Gasteiger partial charge in [-0.25, -0.2) is 5.43 Å². The van der Waals surface area contributed by atoms with Crippen molar-refractivity contribution in [3.05, 3.63) is 68.9 Å². The highest BCUT2D eigenvalue weighted by Gasteiger charge is 2.03. The van der Waals surface area contributed by atoms with Gasteiger partial charge in [-0.3, -0.25) is 14.6 Å². The van der Waals surface area contributed by atoms with Gasteiger partial charge in [0.25, 0.3) is 5.56 Å². The molecule has 1 aromatic carbocycles. The smallest absolute Gasteiger partial charge is 0.251 e. The Hall–Kier alpha value is -2.80. The molecule has 0 aliphatic heterocycles. The first-order chi connectivity index (χ1) is 10.6. The number of hydrogen-bond donors (Lipinski definition) is 3. The third-order valence-electron chi connectivity index (χ3n) is 2.61. The number of benzene rings is 1. The molecule has 1 heterocycles. The minimum Gasteiger partial charge on any atom is -0.335 e. The molecule has 3 N–H and O–H groups in total. The first-order valence-corrected chi connectivity index (χ1v) is 6.90. The molecule has 6 nitrogen and oxygen atoms in total. The average Bonchev–Trinajstić information content (AvgIpc) is 2.47. The van der Waals surface area contributed by atoms with E-state index in [-0.39, 0.29) is 22.7 Å². The summed E-state index contributed by atoms with van der Waals surface area (Å²) in [6.07, 6.45) is 5.05. The van der Waals surface area contributed by atoms with Crippen LogP contribution >= 0.6 is 12.2 Å². The van der Waals surface area contributed by atoms with Crippen molar-refractivity contribution in [2.45, 2.75) is 6.42 Å². The molecule has 2 aromatic rings. The zero-order chi connectivity index (χ0) is 15.8. The van der Waals surface area contributed by atoms with Gasteiger partial charge >= 0.3 is 0 Å². The van der Waals surface area contributed by atoms with Crippen LogP contribution in [0.3, 0.4) is 0 Å². The summed E-state index contributed by atoms with van der Waals surface area (Å²) in [5, 5.41) is 3.79. The number of carbonyl (C=O) groups excluding carboxylic acids is 1. The Kier molecular flexibility index (Phi) is 5.56. The number of carbonyl (C=O) groups is 1. The van der Waals surface area contributed by atoms with E-state index in [9.17, 15) is 9.59 Å². The van der Waals surface area contributed by atoms with Crippen LogP contribution in [0.1, 0.15) is 11.3 Å². The van der Waals surface area contributed by atoms with Crippen molar-refractivity contribution >= 4 is 30.4 Å². The van der Waals surface area contributed by atoms with E-state index in [0.29, 0.717) is 5.69 Å². The summed E-state index contributed by atoms with van der Waals surface area (Å²) in [4.78, 5) is 28.0. The lowest BCUT2D eigenvalue weighted by molar-refractivity contribution is -0.120. The molecule has 0 saturated heterocycles. The summed E-state index contributed by atoms with van der Waals surface area (Å²) in [5.41, 5.74) is 3.49. The van der Waals surface area contributed by atoms with Gasteiger partial charge < -0.3 is 4.98 Å². The van der Waals surface area contributed by atoms with Gasteiger partial charge in [-0.2, -0.15) is 5.10 Å².